The summed E-state index contributed by atoms with van der Waals surface area (Å²) in [5, 5.41) is 0. The molecular formula is C27H28N4O6S. The van der Waals surface area contributed by atoms with E-state index < -0.39 is 21.3 Å². The normalized spacial score (nSPS) is 12.1. The first kappa shape index (κ1) is 26.7. The van der Waals surface area contributed by atoms with Gasteiger partial charge in [-0.2, -0.15) is 0 Å². The minimum absolute atomic E-state index is 0.317. The SMILES string of the molecule is COc1c(C=Cc2ccc(NS(C)(=O)=O)cc2-c2ncco2)cc(-n2ccc(=O)[nH]c2=O)cc1C(C)(C)C. The van der Waals surface area contributed by atoms with E-state index in [0.29, 0.717) is 39.7 Å². The average molecular weight is 537 g/mol. The van der Waals surface area contributed by atoms with Crippen LogP contribution >= 0.6 is 0 Å². The minimum Gasteiger partial charge on any atom is -0.496 e. The molecule has 0 atom stereocenters. The van der Waals surface area contributed by atoms with Crippen molar-refractivity contribution in [3.63, 3.8) is 0 Å². The molecule has 2 aromatic carbocycles. The Labute approximate surface area is 219 Å². The Morgan fingerprint density at radius 3 is 2.42 bits per heavy atom. The molecule has 11 heteroatoms. The van der Waals surface area contributed by atoms with Gasteiger partial charge in [0.25, 0.3) is 5.56 Å². The van der Waals surface area contributed by atoms with Gasteiger partial charge in [-0.15, -0.1) is 0 Å². The summed E-state index contributed by atoms with van der Waals surface area (Å²) in [4.78, 5) is 30.7. The standard InChI is InChI=1S/C27H28N4O6S/c1-27(2,3)22-16-20(31-12-10-23(32)29-26(31)33)14-18(24(22)36-4)7-6-17-8-9-19(30-38(5,34)35)15-21(17)25-28-11-13-37-25/h6-16,30H,1-5H3,(H,29,32,33). The van der Waals surface area contributed by atoms with Gasteiger partial charge in [0.05, 0.1) is 25.2 Å². The monoisotopic (exact) mass is 536 g/mol. The average Bonchev–Trinajstić information content (AvgIpc) is 3.36. The third kappa shape index (κ3) is 5.94. The van der Waals surface area contributed by atoms with Crippen LogP contribution < -0.4 is 20.7 Å². The highest BCUT2D eigenvalue weighted by Crippen LogP contribution is 2.37. The molecule has 0 fully saturated rings. The van der Waals surface area contributed by atoms with Crippen molar-refractivity contribution in [1.29, 1.82) is 0 Å². The number of nitrogens with zero attached hydrogens (tertiary/aromatic N) is 2. The second-order valence-corrected chi connectivity index (χ2v) is 11.4. The summed E-state index contributed by atoms with van der Waals surface area (Å²) in [6, 6.07) is 9.96. The van der Waals surface area contributed by atoms with Crippen LogP contribution in [0.3, 0.4) is 0 Å². The van der Waals surface area contributed by atoms with Crippen LogP contribution in [-0.2, 0) is 15.4 Å². The third-order valence-corrected chi connectivity index (χ3v) is 6.28. The fourth-order valence-electron chi connectivity index (χ4n) is 4.00. The molecule has 0 radical (unpaired) electrons. The molecule has 4 aromatic rings. The molecule has 0 aliphatic rings. The molecule has 0 saturated heterocycles. The number of hydrogen-bond acceptors (Lipinski definition) is 7. The summed E-state index contributed by atoms with van der Waals surface area (Å²) in [5.41, 5.74) is 2.36. The van der Waals surface area contributed by atoms with Crippen molar-refractivity contribution in [2.75, 3.05) is 18.1 Å². The van der Waals surface area contributed by atoms with E-state index in [1.807, 2.05) is 39.0 Å². The lowest BCUT2D eigenvalue weighted by molar-refractivity contribution is 0.396. The van der Waals surface area contributed by atoms with E-state index in [2.05, 4.69) is 14.7 Å². The Kier molecular flexibility index (Phi) is 7.14. The Hall–Kier alpha value is -4.38. The number of anilines is 1. The Balaban J connectivity index is 1.89. The van der Waals surface area contributed by atoms with Crippen molar-refractivity contribution >= 4 is 27.9 Å². The largest absolute Gasteiger partial charge is 0.496 e. The van der Waals surface area contributed by atoms with Crippen molar-refractivity contribution in [3.05, 3.63) is 92.6 Å². The first-order chi connectivity index (χ1) is 17.9. The number of rotatable bonds is 7. The third-order valence-electron chi connectivity index (χ3n) is 5.68. The van der Waals surface area contributed by atoms with E-state index >= 15 is 0 Å². The van der Waals surface area contributed by atoms with Gasteiger partial charge in [-0.1, -0.05) is 39.0 Å². The first-order valence-corrected chi connectivity index (χ1v) is 13.5. The van der Waals surface area contributed by atoms with Gasteiger partial charge >= 0.3 is 5.69 Å². The summed E-state index contributed by atoms with van der Waals surface area (Å²) in [5.74, 6) is 0.945. The van der Waals surface area contributed by atoms with Gasteiger partial charge in [0.1, 0.15) is 12.0 Å². The molecule has 0 spiro atoms. The maximum atomic E-state index is 12.5. The first-order valence-electron chi connectivity index (χ1n) is 11.6. The lowest BCUT2D eigenvalue weighted by atomic mass is 9.84. The number of benzene rings is 2. The second-order valence-electron chi connectivity index (χ2n) is 9.69. The van der Waals surface area contributed by atoms with E-state index in [4.69, 9.17) is 9.15 Å². The number of methoxy groups -OCH3 is 1. The molecule has 2 N–H and O–H groups in total. The number of sulfonamides is 1. The quantitative estimate of drug-likeness (QED) is 0.340. The summed E-state index contributed by atoms with van der Waals surface area (Å²) in [6.07, 6.45) is 9.10. The van der Waals surface area contributed by atoms with Crippen LogP contribution in [0.25, 0.3) is 29.3 Å². The molecule has 0 bridgehead atoms. The number of oxazole rings is 1. The van der Waals surface area contributed by atoms with Crippen LogP contribution in [0.4, 0.5) is 5.69 Å². The van der Waals surface area contributed by atoms with Crippen LogP contribution in [0.15, 0.2) is 69.1 Å². The van der Waals surface area contributed by atoms with Crippen LogP contribution in [0.2, 0.25) is 0 Å². The highest BCUT2D eigenvalue weighted by atomic mass is 32.2. The van der Waals surface area contributed by atoms with Gasteiger partial charge in [-0.25, -0.2) is 18.2 Å². The molecule has 0 amide bonds. The molecule has 0 aliphatic heterocycles. The maximum Gasteiger partial charge on any atom is 0.332 e. The number of nitrogens with one attached hydrogen (secondary N) is 2. The highest BCUT2D eigenvalue weighted by molar-refractivity contribution is 7.92. The van der Waals surface area contributed by atoms with E-state index in [0.717, 1.165) is 11.8 Å². The number of ether oxygens (including phenoxy) is 1. The summed E-state index contributed by atoms with van der Waals surface area (Å²) >= 11 is 0. The molecule has 2 aromatic heterocycles. The van der Waals surface area contributed by atoms with Gasteiger partial charge in [0.2, 0.25) is 15.9 Å². The predicted octanol–water partition coefficient (Wildman–Crippen LogP) is 4.03. The van der Waals surface area contributed by atoms with Crippen LogP contribution in [0, 0.1) is 0 Å². The predicted molar refractivity (Wildman–Crippen MR) is 147 cm³/mol. The lowest BCUT2D eigenvalue weighted by Crippen LogP contribution is -2.28. The van der Waals surface area contributed by atoms with Gasteiger partial charge < -0.3 is 9.15 Å². The summed E-state index contributed by atoms with van der Waals surface area (Å²) in [6.45, 7) is 6.10. The molecule has 2 heterocycles. The van der Waals surface area contributed by atoms with Crippen molar-refractivity contribution in [2.45, 2.75) is 26.2 Å². The molecule has 4 rings (SSSR count). The van der Waals surface area contributed by atoms with Gasteiger partial charge in [0.15, 0.2) is 0 Å². The topological polar surface area (TPSA) is 136 Å². The van der Waals surface area contributed by atoms with Gasteiger partial charge in [-0.3, -0.25) is 19.1 Å². The zero-order chi connectivity index (χ0) is 27.7. The van der Waals surface area contributed by atoms with Gasteiger partial charge in [0, 0.05) is 34.6 Å². The molecule has 38 heavy (non-hydrogen) atoms. The smallest absolute Gasteiger partial charge is 0.332 e. The Bertz CT molecular complexity index is 1730. The molecule has 0 aliphatic carbocycles. The fraction of sp³-hybridized carbons (Fsp3) is 0.222. The van der Waals surface area contributed by atoms with Crippen molar-refractivity contribution in [2.24, 2.45) is 0 Å². The highest BCUT2D eigenvalue weighted by Gasteiger charge is 2.23. The molecular weight excluding hydrogens is 508 g/mol. The number of H-pyrrole nitrogens is 1. The fourth-order valence-corrected chi connectivity index (χ4v) is 4.56. The molecule has 0 unspecified atom stereocenters. The lowest BCUT2D eigenvalue weighted by Gasteiger charge is -2.25. The minimum atomic E-state index is -3.48. The molecule has 10 nitrogen and oxygen atoms in total. The van der Waals surface area contributed by atoms with E-state index in [-0.39, 0.29) is 5.41 Å². The Morgan fingerprint density at radius 2 is 1.82 bits per heavy atom. The number of aromatic nitrogens is 3. The maximum absolute atomic E-state index is 12.5. The molecule has 0 saturated carbocycles. The van der Waals surface area contributed by atoms with E-state index in [1.54, 1.807) is 31.4 Å². The van der Waals surface area contributed by atoms with Crippen LogP contribution in [0.1, 0.15) is 37.5 Å². The zero-order valence-electron chi connectivity index (χ0n) is 21.6. The van der Waals surface area contributed by atoms with E-state index in [9.17, 15) is 18.0 Å². The van der Waals surface area contributed by atoms with Crippen LogP contribution in [0.5, 0.6) is 5.75 Å². The van der Waals surface area contributed by atoms with Crippen molar-refractivity contribution < 1.29 is 17.6 Å². The summed E-state index contributed by atoms with van der Waals surface area (Å²) in [7, 11) is -1.90. The second kappa shape index (κ2) is 10.2. The van der Waals surface area contributed by atoms with Gasteiger partial charge in [-0.05, 0) is 35.2 Å². The zero-order valence-corrected chi connectivity index (χ0v) is 22.4. The van der Waals surface area contributed by atoms with Crippen LogP contribution in [-0.4, -0.2) is 36.3 Å². The van der Waals surface area contributed by atoms with Crippen molar-refractivity contribution in [1.82, 2.24) is 14.5 Å². The van der Waals surface area contributed by atoms with E-state index in [1.165, 1.54) is 29.3 Å². The molecule has 198 valence electrons. The Morgan fingerprint density at radius 1 is 1.08 bits per heavy atom. The summed E-state index contributed by atoms with van der Waals surface area (Å²) < 4.78 is 38.6. The number of hydrogen-bond donors (Lipinski definition) is 2. The van der Waals surface area contributed by atoms with Crippen molar-refractivity contribution in [3.8, 4) is 22.9 Å². The number of aromatic amines is 1.